The molecule has 0 fully saturated rings. The Morgan fingerprint density at radius 1 is 0.958 bits per heavy atom. The Hall–Kier alpha value is -2.66. The monoisotopic (exact) mass is 339 g/mol. The van der Waals surface area contributed by atoms with Gasteiger partial charge in [0.25, 0.3) is 0 Å². The van der Waals surface area contributed by atoms with Gasteiger partial charge < -0.3 is 10.6 Å². The van der Waals surface area contributed by atoms with Gasteiger partial charge in [-0.1, -0.05) is 29.8 Å². The van der Waals surface area contributed by atoms with Crippen LogP contribution < -0.4 is 10.6 Å². The van der Waals surface area contributed by atoms with E-state index >= 15 is 0 Å². The van der Waals surface area contributed by atoms with Crippen molar-refractivity contribution in [3.63, 3.8) is 0 Å². The summed E-state index contributed by atoms with van der Waals surface area (Å²) in [5.74, 6) is 1.00. The lowest BCUT2D eigenvalue weighted by molar-refractivity contribution is 0.981. The van der Waals surface area contributed by atoms with Crippen molar-refractivity contribution in [2.75, 3.05) is 10.6 Å². The van der Waals surface area contributed by atoms with Crippen molar-refractivity contribution in [1.82, 2.24) is 15.2 Å². The topological polar surface area (TPSA) is 62.7 Å². The van der Waals surface area contributed by atoms with Crippen LogP contribution in [0.5, 0.6) is 0 Å². The summed E-state index contributed by atoms with van der Waals surface area (Å²) < 4.78 is 0. The largest absolute Gasteiger partial charge is 0.339 e. The second-order valence-electron chi connectivity index (χ2n) is 5.72. The highest BCUT2D eigenvalue weighted by molar-refractivity contribution is 6.33. The van der Waals surface area contributed by atoms with E-state index in [1.807, 2.05) is 51.1 Å². The average Bonchev–Trinajstić information content (AvgIpc) is 2.51. The van der Waals surface area contributed by atoms with Gasteiger partial charge in [0.2, 0.25) is 5.95 Å². The second-order valence-corrected chi connectivity index (χ2v) is 6.13. The van der Waals surface area contributed by atoms with Crippen molar-refractivity contribution in [3.05, 3.63) is 64.3 Å². The van der Waals surface area contributed by atoms with E-state index in [0.29, 0.717) is 16.8 Å². The number of aromatic nitrogens is 3. The molecule has 24 heavy (non-hydrogen) atoms. The van der Waals surface area contributed by atoms with Crippen LogP contribution in [0.2, 0.25) is 5.02 Å². The van der Waals surface area contributed by atoms with Gasteiger partial charge in [-0.3, -0.25) is 0 Å². The minimum atomic E-state index is 0.390. The van der Waals surface area contributed by atoms with E-state index in [2.05, 4.69) is 31.9 Å². The molecule has 0 aliphatic carbocycles. The summed E-state index contributed by atoms with van der Waals surface area (Å²) in [5.41, 5.74) is 5.04. The van der Waals surface area contributed by atoms with E-state index in [1.54, 1.807) is 6.20 Å². The number of rotatable bonds is 4. The molecule has 6 heteroatoms. The number of aryl methyl sites for hydroxylation is 3. The first-order valence-electron chi connectivity index (χ1n) is 7.58. The summed E-state index contributed by atoms with van der Waals surface area (Å²) in [6, 6.07) is 12.0. The van der Waals surface area contributed by atoms with E-state index in [-0.39, 0.29) is 0 Å². The maximum atomic E-state index is 6.32. The Morgan fingerprint density at radius 3 is 2.54 bits per heavy atom. The van der Waals surface area contributed by atoms with Gasteiger partial charge in [0.15, 0.2) is 5.82 Å². The van der Waals surface area contributed by atoms with Gasteiger partial charge in [0.1, 0.15) is 0 Å². The minimum absolute atomic E-state index is 0.390. The van der Waals surface area contributed by atoms with E-state index in [4.69, 9.17) is 11.6 Å². The molecule has 0 saturated heterocycles. The minimum Gasteiger partial charge on any atom is -0.339 e. The van der Waals surface area contributed by atoms with Crippen LogP contribution in [0.1, 0.15) is 16.7 Å². The van der Waals surface area contributed by atoms with Crippen LogP contribution in [0.15, 0.2) is 42.6 Å². The molecule has 1 heterocycles. The molecule has 1 aromatic heterocycles. The van der Waals surface area contributed by atoms with Crippen LogP contribution in [-0.4, -0.2) is 15.2 Å². The molecule has 0 bridgehead atoms. The summed E-state index contributed by atoms with van der Waals surface area (Å²) in [5, 5.41) is 15.0. The normalized spacial score (nSPS) is 10.5. The van der Waals surface area contributed by atoms with E-state index in [9.17, 15) is 0 Å². The highest BCUT2D eigenvalue weighted by atomic mass is 35.5. The third-order valence-corrected chi connectivity index (χ3v) is 3.82. The van der Waals surface area contributed by atoms with E-state index in [0.717, 1.165) is 22.5 Å². The Labute approximate surface area is 146 Å². The van der Waals surface area contributed by atoms with Crippen LogP contribution in [0.25, 0.3) is 0 Å². The molecule has 0 radical (unpaired) electrons. The van der Waals surface area contributed by atoms with Crippen LogP contribution in [0, 0.1) is 20.8 Å². The molecule has 0 saturated carbocycles. The lowest BCUT2D eigenvalue weighted by Crippen LogP contribution is -2.04. The SMILES string of the molecule is Cc1cccc(Nc2cnnc(Nc3c(C)cc(C)cc3Cl)n2)c1. The molecule has 0 aliphatic rings. The smallest absolute Gasteiger partial charge is 0.249 e. The molecule has 0 spiro atoms. The van der Waals surface area contributed by atoms with Crippen LogP contribution in [-0.2, 0) is 0 Å². The third-order valence-electron chi connectivity index (χ3n) is 3.52. The van der Waals surface area contributed by atoms with Gasteiger partial charge in [0.05, 0.1) is 16.9 Å². The predicted molar refractivity (Wildman–Crippen MR) is 98.5 cm³/mol. The standard InChI is InChI=1S/C18H18ClN5/c1-11-5-4-6-14(8-11)21-16-10-20-24-18(22-16)23-17-13(3)7-12(2)9-15(17)19/h4-10H,1-3H3,(H2,21,22,23,24). The Bertz CT molecular complexity index is 856. The van der Waals surface area contributed by atoms with Gasteiger partial charge in [-0.15, -0.1) is 5.10 Å². The number of nitrogens with zero attached hydrogens (tertiary/aromatic N) is 3. The van der Waals surface area contributed by atoms with Gasteiger partial charge in [-0.25, -0.2) is 0 Å². The summed E-state index contributed by atoms with van der Waals surface area (Å²) in [6.07, 6.45) is 1.58. The van der Waals surface area contributed by atoms with Crippen molar-refractivity contribution in [2.45, 2.75) is 20.8 Å². The highest BCUT2D eigenvalue weighted by Crippen LogP contribution is 2.29. The molecular weight excluding hydrogens is 322 g/mol. The Balaban J connectivity index is 1.83. The summed E-state index contributed by atoms with van der Waals surface area (Å²) in [7, 11) is 0. The molecule has 3 rings (SSSR count). The van der Waals surface area contributed by atoms with E-state index < -0.39 is 0 Å². The quantitative estimate of drug-likeness (QED) is 0.705. The van der Waals surface area contributed by atoms with Crippen LogP contribution in [0.3, 0.4) is 0 Å². The molecular formula is C18H18ClN5. The molecule has 122 valence electrons. The first kappa shape index (κ1) is 16.2. The molecule has 2 aromatic carbocycles. The fraction of sp³-hybridized carbons (Fsp3) is 0.167. The molecule has 0 atom stereocenters. The Kier molecular flexibility index (Phi) is 4.62. The third kappa shape index (κ3) is 3.81. The lowest BCUT2D eigenvalue weighted by atomic mass is 10.1. The second kappa shape index (κ2) is 6.84. The zero-order valence-electron chi connectivity index (χ0n) is 13.8. The zero-order valence-corrected chi connectivity index (χ0v) is 14.5. The zero-order chi connectivity index (χ0) is 17.1. The highest BCUT2D eigenvalue weighted by Gasteiger charge is 2.08. The molecule has 0 amide bonds. The van der Waals surface area contributed by atoms with Crippen molar-refractivity contribution >= 4 is 34.7 Å². The van der Waals surface area contributed by atoms with Crippen LogP contribution >= 0.6 is 11.6 Å². The van der Waals surface area contributed by atoms with Gasteiger partial charge in [-0.05, 0) is 55.7 Å². The Morgan fingerprint density at radius 2 is 1.79 bits per heavy atom. The average molecular weight is 340 g/mol. The first-order chi connectivity index (χ1) is 11.5. The predicted octanol–water partition coefficient (Wildman–Crippen LogP) is 4.94. The molecule has 5 nitrogen and oxygen atoms in total. The van der Waals surface area contributed by atoms with Crippen LogP contribution in [0.4, 0.5) is 23.1 Å². The van der Waals surface area contributed by atoms with E-state index in [1.165, 1.54) is 5.56 Å². The van der Waals surface area contributed by atoms with Gasteiger partial charge in [-0.2, -0.15) is 10.1 Å². The van der Waals surface area contributed by atoms with Crippen molar-refractivity contribution < 1.29 is 0 Å². The summed E-state index contributed by atoms with van der Waals surface area (Å²) in [6.45, 7) is 6.04. The number of nitrogens with one attached hydrogen (secondary N) is 2. The number of halogens is 1. The van der Waals surface area contributed by atoms with Crippen molar-refractivity contribution in [1.29, 1.82) is 0 Å². The van der Waals surface area contributed by atoms with Crippen molar-refractivity contribution in [2.24, 2.45) is 0 Å². The van der Waals surface area contributed by atoms with Gasteiger partial charge >= 0.3 is 0 Å². The molecule has 2 N–H and O–H groups in total. The maximum absolute atomic E-state index is 6.32. The maximum Gasteiger partial charge on any atom is 0.249 e. The number of benzene rings is 2. The molecule has 3 aromatic rings. The fourth-order valence-corrected chi connectivity index (χ4v) is 2.84. The fourth-order valence-electron chi connectivity index (χ4n) is 2.47. The molecule has 0 unspecified atom stereocenters. The van der Waals surface area contributed by atoms with Crippen molar-refractivity contribution in [3.8, 4) is 0 Å². The molecule has 0 aliphatic heterocycles. The number of hydrogen-bond acceptors (Lipinski definition) is 5. The lowest BCUT2D eigenvalue weighted by Gasteiger charge is -2.12. The first-order valence-corrected chi connectivity index (χ1v) is 7.96. The summed E-state index contributed by atoms with van der Waals surface area (Å²) in [4.78, 5) is 4.44. The van der Waals surface area contributed by atoms with Gasteiger partial charge in [0, 0.05) is 5.69 Å². The summed E-state index contributed by atoms with van der Waals surface area (Å²) >= 11 is 6.32. The number of anilines is 4. The number of hydrogen-bond donors (Lipinski definition) is 2.